The van der Waals surface area contributed by atoms with Gasteiger partial charge < -0.3 is 14.8 Å². The molecular formula is C18H23FN8. The first-order valence-corrected chi connectivity index (χ1v) is 9.06. The first-order valence-electron chi connectivity index (χ1n) is 9.06. The van der Waals surface area contributed by atoms with Gasteiger partial charge in [0, 0.05) is 44.7 Å². The Morgan fingerprint density at radius 1 is 1.15 bits per heavy atom. The highest BCUT2D eigenvalue weighted by Gasteiger charge is 2.35. The van der Waals surface area contributed by atoms with Crippen LogP contribution in [0.5, 0.6) is 0 Å². The quantitative estimate of drug-likeness (QED) is 0.753. The molecule has 0 radical (unpaired) electrons. The molecule has 0 spiro atoms. The van der Waals surface area contributed by atoms with Crippen LogP contribution in [0.2, 0.25) is 0 Å². The molecule has 1 aliphatic heterocycles. The maximum absolute atomic E-state index is 15.3. The van der Waals surface area contributed by atoms with Crippen molar-refractivity contribution in [1.29, 1.82) is 0 Å². The summed E-state index contributed by atoms with van der Waals surface area (Å²) >= 11 is 0. The highest BCUT2D eigenvalue weighted by Crippen LogP contribution is 2.31. The zero-order chi connectivity index (χ0) is 19.0. The van der Waals surface area contributed by atoms with Gasteiger partial charge in [0.1, 0.15) is 29.2 Å². The lowest BCUT2D eigenvalue weighted by atomic mass is 9.93. The zero-order valence-corrected chi connectivity index (χ0v) is 15.8. The summed E-state index contributed by atoms with van der Waals surface area (Å²) in [4.78, 5) is 23.6. The Morgan fingerprint density at radius 3 is 2.67 bits per heavy atom. The number of aromatic nitrogens is 6. The van der Waals surface area contributed by atoms with Gasteiger partial charge in [0.25, 0.3) is 0 Å². The van der Waals surface area contributed by atoms with E-state index >= 15 is 4.39 Å². The summed E-state index contributed by atoms with van der Waals surface area (Å²) in [6, 6.07) is 1.84. The molecule has 0 atom stereocenters. The van der Waals surface area contributed by atoms with Gasteiger partial charge in [-0.3, -0.25) is 0 Å². The number of halogens is 1. The summed E-state index contributed by atoms with van der Waals surface area (Å²) in [6.07, 6.45) is 4.09. The second-order valence-electron chi connectivity index (χ2n) is 7.16. The van der Waals surface area contributed by atoms with E-state index in [-0.39, 0.29) is 6.54 Å². The minimum absolute atomic E-state index is 0.238. The average molecular weight is 370 g/mol. The summed E-state index contributed by atoms with van der Waals surface area (Å²) in [7, 11) is 1.92. The number of aryl methyl sites for hydroxylation is 3. The lowest BCUT2D eigenvalue weighted by Gasteiger charge is -2.37. The molecule has 1 fully saturated rings. The van der Waals surface area contributed by atoms with Gasteiger partial charge in [0.2, 0.25) is 0 Å². The van der Waals surface area contributed by atoms with Crippen molar-refractivity contribution >= 4 is 22.8 Å². The predicted octanol–water partition coefficient (Wildman–Crippen LogP) is 2.19. The van der Waals surface area contributed by atoms with Gasteiger partial charge in [-0.05, 0) is 13.8 Å². The van der Waals surface area contributed by atoms with E-state index in [1.54, 1.807) is 6.33 Å². The average Bonchev–Trinajstić information content (AvgIpc) is 3.02. The highest BCUT2D eigenvalue weighted by molar-refractivity contribution is 5.83. The van der Waals surface area contributed by atoms with Crippen LogP contribution < -0.4 is 10.2 Å². The summed E-state index contributed by atoms with van der Waals surface area (Å²) in [5, 5.41) is 3.14. The molecule has 3 aromatic rings. The zero-order valence-electron chi connectivity index (χ0n) is 15.8. The number of nitrogens with zero attached hydrogens (tertiary/aromatic N) is 7. The van der Waals surface area contributed by atoms with Crippen LogP contribution in [-0.4, -0.2) is 54.8 Å². The molecule has 8 nitrogen and oxygen atoms in total. The van der Waals surface area contributed by atoms with Crippen molar-refractivity contribution in [2.24, 2.45) is 7.05 Å². The third-order valence-electron chi connectivity index (χ3n) is 5.00. The number of imidazole rings is 1. The third kappa shape index (κ3) is 3.54. The van der Waals surface area contributed by atoms with Crippen LogP contribution in [0, 0.1) is 13.8 Å². The molecule has 1 aliphatic rings. The molecule has 4 rings (SSSR count). The molecule has 1 saturated heterocycles. The molecule has 0 amide bonds. The van der Waals surface area contributed by atoms with Crippen molar-refractivity contribution in [3.8, 4) is 0 Å². The van der Waals surface area contributed by atoms with Crippen molar-refractivity contribution in [2.75, 3.05) is 29.9 Å². The van der Waals surface area contributed by atoms with E-state index in [1.807, 2.05) is 31.5 Å². The first-order chi connectivity index (χ1) is 12.9. The number of alkyl halides is 1. The Balaban J connectivity index is 1.44. The van der Waals surface area contributed by atoms with Crippen molar-refractivity contribution in [3.05, 3.63) is 30.2 Å². The van der Waals surface area contributed by atoms with E-state index in [1.165, 1.54) is 6.33 Å². The number of rotatable bonds is 4. The van der Waals surface area contributed by atoms with E-state index in [0.717, 1.165) is 17.0 Å². The van der Waals surface area contributed by atoms with Gasteiger partial charge in [-0.2, -0.15) is 0 Å². The fourth-order valence-corrected chi connectivity index (χ4v) is 3.55. The summed E-state index contributed by atoms with van der Waals surface area (Å²) in [5.41, 5.74) is 1.14. The lowest BCUT2D eigenvalue weighted by Crippen LogP contribution is -2.46. The van der Waals surface area contributed by atoms with E-state index < -0.39 is 5.67 Å². The Hall–Kier alpha value is -2.84. The number of nitrogens with one attached hydrogen (secondary N) is 1. The molecule has 0 saturated carbocycles. The molecule has 27 heavy (non-hydrogen) atoms. The topological polar surface area (TPSA) is 84.6 Å². The normalized spacial score (nSPS) is 16.7. The van der Waals surface area contributed by atoms with Crippen LogP contribution in [0.1, 0.15) is 24.4 Å². The molecule has 0 aromatic carbocycles. The Morgan fingerprint density at radius 2 is 1.93 bits per heavy atom. The third-order valence-corrected chi connectivity index (χ3v) is 5.00. The SMILES string of the molecule is Cc1cc(NCC2(F)CCN(c3ncnc4ncn(C)c34)CC2)nc(C)n1. The summed E-state index contributed by atoms with van der Waals surface area (Å²) < 4.78 is 17.2. The molecule has 9 heteroatoms. The van der Waals surface area contributed by atoms with E-state index in [2.05, 4.69) is 35.1 Å². The van der Waals surface area contributed by atoms with Crippen LogP contribution in [0.15, 0.2) is 18.7 Å². The fourth-order valence-electron chi connectivity index (χ4n) is 3.55. The number of piperidine rings is 1. The maximum Gasteiger partial charge on any atom is 0.182 e. The minimum Gasteiger partial charge on any atom is -0.367 e. The molecule has 142 valence electrons. The number of anilines is 2. The second kappa shape index (κ2) is 6.71. The summed E-state index contributed by atoms with van der Waals surface area (Å²) in [5.74, 6) is 2.17. The molecule has 3 aromatic heterocycles. The first kappa shape index (κ1) is 17.6. The molecule has 4 heterocycles. The molecule has 1 N–H and O–H groups in total. The molecular weight excluding hydrogens is 347 g/mol. The van der Waals surface area contributed by atoms with Gasteiger partial charge in [0.05, 0.1) is 12.9 Å². The molecule has 0 unspecified atom stereocenters. The number of hydrogen-bond acceptors (Lipinski definition) is 7. The fraction of sp³-hybridized carbons (Fsp3) is 0.500. The number of fused-ring (bicyclic) bond motifs is 1. The van der Waals surface area contributed by atoms with Crippen molar-refractivity contribution < 1.29 is 4.39 Å². The summed E-state index contributed by atoms with van der Waals surface area (Å²) in [6.45, 7) is 5.17. The van der Waals surface area contributed by atoms with Crippen LogP contribution in [-0.2, 0) is 7.05 Å². The Labute approximate surface area is 156 Å². The van der Waals surface area contributed by atoms with Gasteiger partial charge in [-0.15, -0.1) is 0 Å². The Bertz CT molecular complexity index is 941. The van der Waals surface area contributed by atoms with Gasteiger partial charge in [-0.1, -0.05) is 0 Å². The smallest absolute Gasteiger partial charge is 0.182 e. The van der Waals surface area contributed by atoms with E-state index in [0.29, 0.717) is 43.2 Å². The number of hydrogen-bond donors (Lipinski definition) is 1. The van der Waals surface area contributed by atoms with Crippen LogP contribution in [0.3, 0.4) is 0 Å². The largest absolute Gasteiger partial charge is 0.367 e. The van der Waals surface area contributed by atoms with Crippen molar-refractivity contribution in [1.82, 2.24) is 29.5 Å². The Kier molecular flexibility index (Phi) is 4.37. The monoisotopic (exact) mass is 370 g/mol. The standard InChI is InChI=1S/C18H23FN8/c1-12-8-14(25-13(2)24-12)20-9-18(19)4-6-27(7-5-18)17-15-16(21-10-22-17)23-11-26(15)3/h8,10-11H,4-7,9H2,1-3H3,(H,20,24,25). The highest BCUT2D eigenvalue weighted by atomic mass is 19.1. The van der Waals surface area contributed by atoms with Crippen molar-refractivity contribution in [3.63, 3.8) is 0 Å². The van der Waals surface area contributed by atoms with E-state index in [9.17, 15) is 0 Å². The van der Waals surface area contributed by atoms with Crippen molar-refractivity contribution in [2.45, 2.75) is 32.4 Å². The van der Waals surface area contributed by atoms with E-state index in [4.69, 9.17) is 0 Å². The second-order valence-corrected chi connectivity index (χ2v) is 7.16. The van der Waals surface area contributed by atoms with Gasteiger partial charge in [0.15, 0.2) is 11.5 Å². The van der Waals surface area contributed by atoms with Crippen LogP contribution >= 0.6 is 0 Å². The molecule has 0 bridgehead atoms. The van der Waals surface area contributed by atoms with Gasteiger partial charge >= 0.3 is 0 Å². The predicted molar refractivity (Wildman–Crippen MR) is 102 cm³/mol. The van der Waals surface area contributed by atoms with Crippen LogP contribution in [0.4, 0.5) is 16.0 Å². The van der Waals surface area contributed by atoms with Crippen LogP contribution in [0.25, 0.3) is 11.2 Å². The lowest BCUT2D eigenvalue weighted by molar-refractivity contribution is 0.140. The van der Waals surface area contributed by atoms with Gasteiger partial charge in [-0.25, -0.2) is 29.3 Å². The maximum atomic E-state index is 15.3. The minimum atomic E-state index is -1.28. The molecule has 0 aliphatic carbocycles.